The summed E-state index contributed by atoms with van der Waals surface area (Å²) in [5, 5.41) is 17.2. The van der Waals surface area contributed by atoms with Crippen LogP contribution in [-0.2, 0) is 4.74 Å². The third-order valence-electron chi connectivity index (χ3n) is 5.97. The second kappa shape index (κ2) is 9.77. The van der Waals surface area contributed by atoms with Crippen LogP contribution >= 0.6 is 0 Å². The van der Waals surface area contributed by atoms with Gasteiger partial charge in [0.25, 0.3) is 0 Å². The van der Waals surface area contributed by atoms with Crippen LogP contribution in [0.3, 0.4) is 0 Å². The predicted molar refractivity (Wildman–Crippen MR) is 140 cm³/mol. The molecule has 0 bridgehead atoms. The van der Waals surface area contributed by atoms with Gasteiger partial charge in [0, 0.05) is 10.9 Å². The van der Waals surface area contributed by atoms with Crippen LogP contribution in [0.25, 0.3) is 28.0 Å². The molecule has 5 rings (SSSR count). The Kier molecular flexibility index (Phi) is 6.35. The highest BCUT2D eigenvalue weighted by Crippen LogP contribution is 2.28. The maximum Gasteiger partial charge on any atom is 0.343 e. The summed E-state index contributed by atoms with van der Waals surface area (Å²) < 4.78 is 20.1. The average molecular weight is 497 g/mol. The number of nitrogens with zero attached hydrogens (tertiary/aromatic N) is 5. The van der Waals surface area contributed by atoms with Crippen LogP contribution in [0, 0.1) is 26.6 Å². The van der Waals surface area contributed by atoms with Crippen LogP contribution in [0.15, 0.2) is 60.8 Å². The second-order valence-corrected chi connectivity index (χ2v) is 8.75. The fourth-order valence-electron chi connectivity index (χ4n) is 4.23. The zero-order chi connectivity index (χ0) is 26.1. The molecule has 0 aliphatic rings. The Morgan fingerprint density at radius 3 is 2.49 bits per heavy atom. The number of rotatable bonds is 6. The lowest BCUT2D eigenvalue weighted by atomic mass is 10.0. The molecule has 0 atom stereocenters. The molecule has 0 unspecified atom stereocenters. The lowest BCUT2D eigenvalue weighted by Gasteiger charge is -2.13. The molecule has 0 saturated heterocycles. The van der Waals surface area contributed by atoms with Gasteiger partial charge in [-0.3, -0.25) is 0 Å². The van der Waals surface area contributed by atoms with E-state index in [0.717, 1.165) is 33.2 Å². The number of nitrogens with one attached hydrogen (secondary N) is 1. The minimum absolute atomic E-state index is 0.224. The van der Waals surface area contributed by atoms with Crippen molar-refractivity contribution in [1.29, 1.82) is 0 Å². The van der Waals surface area contributed by atoms with Crippen molar-refractivity contribution < 1.29 is 13.9 Å². The van der Waals surface area contributed by atoms with E-state index in [2.05, 4.69) is 39.7 Å². The summed E-state index contributed by atoms with van der Waals surface area (Å²) in [7, 11) is 0. The monoisotopic (exact) mass is 496 g/mol. The smallest absolute Gasteiger partial charge is 0.343 e. The van der Waals surface area contributed by atoms with Crippen LogP contribution < -0.4 is 5.32 Å². The van der Waals surface area contributed by atoms with Gasteiger partial charge in [-0.1, -0.05) is 11.6 Å². The van der Waals surface area contributed by atoms with Gasteiger partial charge in [-0.05, 0) is 87.4 Å². The number of pyridine rings is 1. The van der Waals surface area contributed by atoms with E-state index in [0.29, 0.717) is 23.1 Å². The molecule has 37 heavy (non-hydrogen) atoms. The summed E-state index contributed by atoms with van der Waals surface area (Å²) in [5.41, 5.74) is 5.68. The maximum absolute atomic E-state index is 13.3. The average Bonchev–Trinajstić information content (AvgIpc) is 3.29. The Hall–Kier alpha value is -4.66. The van der Waals surface area contributed by atoms with Gasteiger partial charge in [-0.25, -0.2) is 14.2 Å². The number of hydrogen-bond acceptors (Lipinski definition) is 7. The number of hydrogen-bond donors (Lipinski definition) is 1. The van der Waals surface area contributed by atoms with Crippen molar-refractivity contribution in [1.82, 2.24) is 25.0 Å². The Balaban J connectivity index is 1.57. The van der Waals surface area contributed by atoms with E-state index < -0.39 is 5.97 Å². The highest BCUT2D eigenvalue weighted by Gasteiger charge is 2.22. The molecular formula is C28H25FN6O2. The molecule has 0 spiro atoms. The number of esters is 1. The molecular weight excluding hydrogens is 471 g/mol. The largest absolute Gasteiger partial charge is 0.462 e. The SMILES string of the molecule is CCOC(=O)c1cnn(-c2cc(C)c3cc(C)cc(C)c3n2)c1Nc1ccc(-c2ccc(F)cc2)nn1. The van der Waals surface area contributed by atoms with Crippen molar-refractivity contribution in [3.63, 3.8) is 0 Å². The molecule has 8 nitrogen and oxygen atoms in total. The second-order valence-electron chi connectivity index (χ2n) is 8.75. The molecule has 0 fully saturated rings. The van der Waals surface area contributed by atoms with Gasteiger partial charge in [0.05, 0.1) is 24.0 Å². The minimum Gasteiger partial charge on any atom is -0.462 e. The van der Waals surface area contributed by atoms with Crippen LogP contribution in [0.1, 0.15) is 34.0 Å². The number of aryl methyl sites for hydroxylation is 3. The summed E-state index contributed by atoms with van der Waals surface area (Å²) in [5.74, 6) is 0.459. The number of halogens is 1. The first-order valence-electron chi connectivity index (χ1n) is 11.8. The highest BCUT2D eigenvalue weighted by molar-refractivity contribution is 5.96. The maximum atomic E-state index is 13.3. The molecule has 0 aliphatic heterocycles. The van der Waals surface area contributed by atoms with E-state index in [-0.39, 0.29) is 18.0 Å². The molecule has 0 amide bonds. The van der Waals surface area contributed by atoms with Gasteiger partial charge in [-0.2, -0.15) is 9.78 Å². The molecule has 0 aliphatic carbocycles. The van der Waals surface area contributed by atoms with Gasteiger partial charge < -0.3 is 10.1 Å². The molecule has 3 aromatic heterocycles. The van der Waals surface area contributed by atoms with Crippen molar-refractivity contribution in [3.05, 3.63) is 88.9 Å². The first kappa shape index (κ1) is 24.1. The molecule has 186 valence electrons. The van der Waals surface area contributed by atoms with E-state index in [4.69, 9.17) is 9.72 Å². The van der Waals surface area contributed by atoms with Gasteiger partial charge in [-0.15, -0.1) is 10.2 Å². The summed E-state index contributed by atoms with van der Waals surface area (Å²) in [6.45, 7) is 8.07. The third kappa shape index (κ3) is 4.75. The molecule has 3 heterocycles. The Morgan fingerprint density at radius 1 is 1.00 bits per heavy atom. The molecule has 5 aromatic rings. The summed E-state index contributed by atoms with van der Waals surface area (Å²) in [4.78, 5) is 17.6. The molecule has 2 aromatic carbocycles. The van der Waals surface area contributed by atoms with Crippen LogP contribution in [-0.4, -0.2) is 37.5 Å². The molecule has 1 N–H and O–H groups in total. The number of aromatic nitrogens is 5. The number of fused-ring (bicyclic) bond motifs is 1. The van der Waals surface area contributed by atoms with Crippen molar-refractivity contribution in [2.75, 3.05) is 11.9 Å². The van der Waals surface area contributed by atoms with Crippen molar-refractivity contribution in [3.8, 4) is 17.1 Å². The number of carbonyl (C=O) groups is 1. The highest BCUT2D eigenvalue weighted by atomic mass is 19.1. The normalized spacial score (nSPS) is 11.1. The van der Waals surface area contributed by atoms with Crippen molar-refractivity contribution in [2.45, 2.75) is 27.7 Å². The van der Waals surface area contributed by atoms with Crippen LogP contribution in [0.2, 0.25) is 0 Å². The first-order chi connectivity index (χ1) is 17.8. The molecule has 0 saturated carbocycles. The Labute approximate surface area is 213 Å². The molecule has 9 heteroatoms. The summed E-state index contributed by atoms with van der Waals surface area (Å²) >= 11 is 0. The van der Waals surface area contributed by atoms with E-state index in [1.54, 1.807) is 35.9 Å². The van der Waals surface area contributed by atoms with E-state index in [1.165, 1.54) is 18.3 Å². The first-order valence-corrected chi connectivity index (χ1v) is 11.8. The number of benzene rings is 2. The number of anilines is 2. The number of ether oxygens (including phenoxy) is 1. The predicted octanol–water partition coefficient (Wildman–Crippen LogP) is 5.86. The van der Waals surface area contributed by atoms with Crippen molar-refractivity contribution in [2.24, 2.45) is 0 Å². The Morgan fingerprint density at radius 2 is 1.78 bits per heavy atom. The Bertz CT molecular complexity index is 1610. The zero-order valence-corrected chi connectivity index (χ0v) is 20.9. The van der Waals surface area contributed by atoms with Gasteiger partial charge in [0.1, 0.15) is 11.4 Å². The summed E-state index contributed by atoms with van der Waals surface area (Å²) in [6, 6.07) is 15.6. The van der Waals surface area contributed by atoms with Crippen LogP contribution in [0.5, 0.6) is 0 Å². The zero-order valence-electron chi connectivity index (χ0n) is 20.9. The topological polar surface area (TPSA) is 94.8 Å². The van der Waals surface area contributed by atoms with Gasteiger partial charge in [0.2, 0.25) is 0 Å². The van der Waals surface area contributed by atoms with E-state index in [1.807, 2.05) is 19.9 Å². The van der Waals surface area contributed by atoms with Crippen molar-refractivity contribution >= 4 is 28.5 Å². The fraction of sp³-hybridized carbons (Fsp3) is 0.179. The fourth-order valence-corrected chi connectivity index (χ4v) is 4.23. The quantitative estimate of drug-likeness (QED) is 0.294. The van der Waals surface area contributed by atoms with E-state index >= 15 is 0 Å². The molecule has 0 radical (unpaired) electrons. The van der Waals surface area contributed by atoms with Gasteiger partial charge >= 0.3 is 5.97 Å². The lowest BCUT2D eigenvalue weighted by Crippen LogP contribution is -2.11. The standard InChI is InChI=1S/C28H25FN6O2/c1-5-37-28(36)22-15-30-35(25-14-17(3)21-13-16(2)12-18(4)26(21)32-25)27(22)31-24-11-10-23(33-34-24)19-6-8-20(29)9-7-19/h6-15H,5H2,1-4H3,(H,31,34). The van der Waals surface area contributed by atoms with Crippen LogP contribution in [0.4, 0.5) is 16.0 Å². The number of carbonyl (C=O) groups excluding carboxylic acids is 1. The third-order valence-corrected chi connectivity index (χ3v) is 5.97. The minimum atomic E-state index is -0.517. The van der Waals surface area contributed by atoms with Gasteiger partial charge in [0.15, 0.2) is 17.5 Å². The lowest BCUT2D eigenvalue weighted by molar-refractivity contribution is 0.0527. The van der Waals surface area contributed by atoms with E-state index in [9.17, 15) is 9.18 Å². The summed E-state index contributed by atoms with van der Waals surface area (Å²) in [6.07, 6.45) is 1.45.